The summed E-state index contributed by atoms with van der Waals surface area (Å²) in [6, 6.07) is 4.03. The fourth-order valence-electron chi connectivity index (χ4n) is 2.69. The van der Waals surface area contributed by atoms with Crippen LogP contribution in [0.2, 0.25) is 0 Å². The second-order valence-electron chi connectivity index (χ2n) is 5.07. The molecule has 3 heterocycles. The number of aryl methyl sites for hydroxylation is 1. The third kappa shape index (κ3) is 2.49. The molecule has 2 aromatic rings. The van der Waals surface area contributed by atoms with Gasteiger partial charge in [-0.25, -0.2) is 9.48 Å². The second kappa shape index (κ2) is 5.55. The van der Waals surface area contributed by atoms with E-state index in [1.54, 1.807) is 19.3 Å². The molecule has 0 aliphatic carbocycles. The van der Waals surface area contributed by atoms with Gasteiger partial charge in [0, 0.05) is 24.9 Å². The topological polar surface area (TPSA) is 69.0 Å². The molecular weight excluding hydrogens is 268 g/mol. The molecule has 1 unspecified atom stereocenters. The predicted molar refractivity (Wildman–Crippen MR) is 78.4 cm³/mol. The van der Waals surface area contributed by atoms with Crippen LogP contribution in [0.15, 0.2) is 24.5 Å². The smallest absolute Gasteiger partial charge is 0.343 e. The molecule has 110 valence electrons. The molecule has 3 rings (SSSR count). The number of hydrogen-bond donors (Lipinski definition) is 1. The monoisotopic (exact) mass is 286 g/mol. The third-order valence-corrected chi connectivity index (χ3v) is 3.69. The maximum Gasteiger partial charge on any atom is 0.343 e. The minimum Gasteiger partial charge on any atom is -0.462 e. The summed E-state index contributed by atoms with van der Waals surface area (Å²) in [6.45, 7) is 5.51. The van der Waals surface area contributed by atoms with Crippen LogP contribution in [0.4, 0.5) is 5.82 Å². The number of nitrogens with zero attached hydrogens (tertiary/aromatic N) is 3. The van der Waals surface area contributed by atoms with Crippen LogP contribution in [0.3, 0.4) is 0 Å². The maximum atomic E-state index is 12.0. The van der Waals surface area contributed by atoms with Crippen molar-refractivity contribution in [3.8, 4) is 0 Å². The summed E-state index contributed by atoms with van der Waals surface area (Å²) >= 11 is 0. The van der Waals surface area contributed by atoms with Crippen molar-refractivity contribution >= 4 is 11.8 Å². The molecule has 0 saturated heterocycles. The molecule has 1 N–H and O–H groups in total. The van der Waals surface area contributed by atoms with Gasteiger partial charge in [0.1, 0.15) is 11.4 Å². The van der Waals surface area contributed by atoms with Crippen LogP contribution in [0.1, 0.15) is 34.5 Å². The van der Waals surface area contributed by atoms with Crippen molar-refractivity contribution in [1.82, 2.24) is 14.8 Å². The number of esters is 1. The third-order valence-electron chi connectivity index (χ3n) is 3.69. The van der Waals surface area contributed by atoms with Crippen LogP contribution in [0.25, 0.3) is 0 Å². The molecule has 21 heavy (non-hydrogen) atoms. The summed E-state index contributed by atoms with van der Waals surface area (Å²) < 4.78 is 6.96. The van der Waals surface area contributed by atoms with Gasteiger partial charge < -0.3 is 10.1 Å². The van der Waals surface area contributed by atoms with Crippen LogP contribution in [0, 0.1) is 6.92 Å². The molecule has 0 radical (unpaired) electrons. The highest BCUT2D eigenvalue weighted by atomic mass is 16.5. The Morgan fingerprint density at radius 1 is 1.48 bits per heavy atom. The lowest BCUT2D eigenvalue weighted by Crippen LogP contribution is -2.27. The number of nitrogens with one attached hydrogen (secondary N) is 1. The number of ether oxygens (including phenoxy) is 1. The summed E-state index contributed by atoms with van der Waals surface area (Å²) in [4.78, 5) is 16.1. The highest BCUT2D eigenvalue weighted by Gasteiger charge is 2.28. The predicted octanol–water partition coefficient (Wildman–Crippen LogP) is 1.97. The minimum absolute atomic E-state index is 0.314. The molecule has 2 aromatic heterocycles. The molecule has 6 nitrogen and oxygen atoms in total. The fourth-order valence-corrected chi connectivity index (χ4v) is 2.69. The van der Waals surface area contributed by atoms with Gasteiger partial charge >= 0.3 is 5.97 Å². The van der Waals surface area contributed by atoms with E-state index < -0.39 is 0 Å². The van der Waals surface area contributed by atoms with Gasteiger partial charge in [-0.3, -0.25) is 4.98 Å². The molecule has 0 saturated carbocycles. The number of aromatic nitrogens is 3. The lowest BCUT2D eigenvalue weighted by Gasteiger charge is -2.25. The number of anilines is 1. The molecule has 0 amide bonds. The number of rotatable bonds is 3. The Kier molecular flexibility index (Phi) is 3.60. The number of carbonyl (C=O) groups excluding carboxylic acids is 1. The highest BCUT2D eigenvalue weighted by molar-refractivity contribution is 5.96. The zero-order valence-electron chi connectivity index (χ0n) is 12.2. The average molecular weight is 286 g/mol. The van der Waals surface area contributed by atoms with Gasteiger partial charge in [0.05, 0.1) is 18.8 Å². The maximum absolute atomic E-state index is 12.0. The number of hydrogen-bond acceptors (Lipinski definition) is 5. The van der Waals surface area contributed by atoms with Gasteiger partial charge in [-0.05, 0) is 31.5 Å². The van der Waals surface area contributed by atoms with Crippen LogP contribution >= 0.6 is 0 Å². The van der Waals surface area contributed by atoms with E-state index >= 15 is 0 Å². The van der Waals surface area contributed by atoms with Crippen LogP contribution < -0.4 is 5.32 Å². The van der Waals surface area contributed by atoms with Crippen molar-refractivity contribution in [2.24, 2.45) is 0 Å². The fraction of sp³-hybridized carbons (Fsp3) is 0.400. The van der Waals surface area contributed by atoms with Crippen molar-refractivity contribution < 1.29 is 9.53 Å². The van der Waals surface area contributed by atoms with Crippen molar-refractivity contribution in [2.75, 3.05) is 18.5 Å². The van der Waals surface area contributed by atoms with E-state index in [1.165, 1.54) is 5.56 Å². The molecular formula is C15H18N4O2. The summed E-state index contributed by atoms with van der Waals surface area (Å²) in [6.07, 6.45) is 3.59. The first-order valence-corrected chi connectivity index (χ1v) is 7.09. The van der Waals surface area contributed by atoms with Gasteiger partial charge in [-0.2, -0.15) is 5.10 Å². The molecule has 0 aromatic carbocycles. The summed E-state index contributed by atoms with van der Waals surface area (Å²) in [7, 11) is 0. The first-order valence-electron chi connectivity index (χ1n) is 7.09. The Balaban J connectivity index is 1.88. The van der Waals surface area contributed by atoms with Gasteiger partial charge in [0.2, 0.25) is 0 Å². The Morgan fingerprint density at radius 2 is 2.24 bits per heavy atom. The van der Waals surface area contributed by atoms with E-state index in [4.69, 9.17) is 4.74 Å². The Bertz CT molecular complexity index is 651. The quantitative estimate of drug-likeness (QED) is 0.874. The lowest BCUT2D eigenvalue weighted by atomic mass is 9.99. The van der Waals surface area contributed by atoms with Crippen molar-refractivity contribution in [1.29, 1.82) is 0 Å². The minimum atomic E-state index is -0.314. The second-order valence-corrected chi connectivity index (χ2v) is 5.07. The zero-order valence-corrected chi connectivity index (χ0v) is 12.2. The summed E-state index contributed by atoms with van der Waals surface area (Å²) in [5, 5.41) is 7.79. The molecule has 0 spiro atoms. The Hall–Kier alpha value is -2.37. The standard InChI is InChI=1S/C15H18N4O2/c1-3-21-15(20)13-10(2)18-19-9-12(8-17-14(13)19)11-4-6-16-7-5-11/h4-7,12,17H,3,8-9H2,1-2H3. The van der Waals surface area contributed by atoms with E-state index in [-0.39, 0.29) is 5.97 Å². The number of pyridine rings is 1. The van der Waals surface area contributed by atoms with Gasteiger partial charge in [-0.15, -0.1) is 0 Å². The Labute approximate surface area is 123 Å². The van der Waals surface area contributed by atoms with E-state index in [1.807, 2.05) is 23.7 Å². The lowest BCUT2D eigenvalue weighted by molar-refractivity contribution is 0.0526. The SMILES string of the molecule is CCOC(=O)c1c(C)nn2c1NCC(c1ccncc1)C2. The van der Waals surface area contributed by atoms with E-state index in [0.29, 0.717) is 23.8 Å². The first-order chi connectivity index (χ1) is 10.2. The van der Waals surface area contributed by atoms with Crippen LogP contribution in [-0.4, -0.2) is 33.9 Å². The van der Waals surface area contributed by atoms with Crippen LogP contribution in [0.5, 0.6) is 0 Å². The zero-order chi connectivity index (χ0) is 14.8. The molecule has 0 bridgehead atoms. The average Bonchev–Trinajstić information content (AvgIpc) is 2.83. The molecule has 1 atom stereocenters. The van der Waals surface area contributed by atoms with Gasteiger partial charge in [-0.1, -0.05) is 0 Å². The van der Waals surface area contributed by atoms with E-state index in [0.717, 1.165) is 18.9 Å². The van der Waals surface area contributed by atoms with Crippen LogP contribution in [-0.2, 0) is 11.3 Å². The van der Waals surface area contributed by atoms with Crippen molar-refractivity contribution in [3.05, 3.63) is 41.3 Å². The van der Waals surface area contributed by atoms with Crippen molar-refractivity contribution in [3.63, 3.8) is 0 Å². The van der Waals surface area contributed by atoms with Crippen molar-refractivity contribution in [2.45, 2.75) is 26.3 Å². The number of fused-ring (bicyclic) bond motifs is 1. The summed E-state index contributed by atoms with van der Waals surface area (Å²) in [5.74, 6) is 0.761. The molecule has 6 heteroatoms. The number of carbonyl (C=O) groups is 1. The highest BCUT2D eigenvalue weighted by Crippen LogP contribution is 2.29. The largest absolute Gasteiger partial charge is 0.462 e. The van der Waals surface area contributed by atoms with Gasteiger partial charge in [0.15, 0.2) is 0 Å². The van der Waals surface area contributed by atoms with E-state index in [9.17, 15) is 4.79 Å². The normalized spacial score (nSPS) is 17.0. The molecule has 1 aliphatic rings. The Morgan fingerprint density at radius 3 is 2.95 bits per heavy atom. The molecule has 0 fully saturated rings. The molecule has 1 aliphatic heterocycles. The summed E-state index contributed by atoms with van der Waals surface area (Å²) in [5.41, 5.74) is 2.46. The first kappa shape index (κ1) is 13.6. The van der Waals surface area contributed by atoms with Gasteiger partial charge in [0.25, 0.3) is 0 Å². The van der Waals surface area contributed by atoms with E-state index in [2.05, 4.69) is 15.4 Å².